The molecule has 0 aliphatic carbocycles. The average molecular weight is 456 g/mol. The van der Waals surface area contributed by atoms with Crippen molar-refractivity contribution < 1.29 is 24.4 Å². The topological polar surface area (TPSA) is 152 Å². The van der Waals surface area contributed by atoms with Gasteiger partial charge in [-0.05, 0) is 37.2 Å². The van der Waals surface area contributed by atoms with Crippen molar-refractivity contribution in [2.45, 2.75) is 58.4 Å². The van der Waals surface area contributed by atoms with Gasteiger partial charge in [-0.1, -0.05) is 50.3 Å². The number of unbranched alkanes of at least 4 members (excludes halogenated alkanes) is 1. The molecule has 0 aromatic heterocycles. The molecule has 178 valence electrons. The molecule has 5 N–H and O–H groups in total. The highest BCUT2D eigenvalue weighted by atomic mass is 16.4. The summed E-state index contributed by atoms with van der Waals surface area (Å²) in [4.78, 5) is 36.3. The predicted molar refractivity (Wildman–Crippen MR) is 125 cm³/mol. The van der Waals surface area contributed by atoms with Crippen LogP contribution in [0.25, 0.3) is 0 Å². The van der Waals surface area contributed by atoms with E-state index in [1.54, 1.807) is 6.08 Å². The van der Waals surface area contributed by atoms with Crippen molar-refractivity contribution >= 4 is 24.8 Å². The molecule has 33 heavy (non-hydrogen) atoms. The largest absolute Gasteiger partial charge is 0.475 e. The van der Waals surface area contributed by atoms with E-state index in [-0.39, 0.29) is 23.8 Å². The molecular weight excluding hydrogens is 423 g/mol. The molecule has 0 saturated heterocycles. The van der Waals surface area contributed by atoms with Crippen LogP contribution in [-0.2, 0) is 20.8 Å². The number of hydrogen-bond acceptors (Lipinski definition) is 6. The smallest absolute Gasteiger partial charge is 0.426 e. The van der Waals surface area contributed by atoms with Gasteiger partial charge >= 0.3 is 7.12 Å². The van der Waals surface area contributed by atoms with E-state index in [4.69, 9.17) is 5.26 Å². The second kappa shape index (κ2) is 14.8. The van der Waals surface area contributed by atoms with Crippen LogP contribution >= 0.6 is 0 Å². The van der Waals surface area contributed by atoms with Gasteiger partial charge in [-0.25, -0.2) is 0 Å². The molecule has 0 unspecified atom stereocenters. The van der Waals surface area contributed by atoms with Crippen LogP contribution in [0.4, 0.5) is 0 Å². The summed E-state index contributed by atoms with van der Waals surface area (Å²) in [5.41, 5.74) is 0.887. The molecule has 1 aromatic rings. The Labute approximate surface area is 195 Å². The van der Waals surface area contributed by atoms with Crippen LogP contribution in [0.2, 0.25) is 0 Å². The summed E-state index contributed by atoms with van der Waals surface area (Å²) in [7, 11) is -1.77. The Morgan fingerprint density at radius 2 is 1.79 bits per heavy atom. The first kappa shape index (κ1) is 27.9. The van der Waals surface area contributed by atoms with E-state index in [9.17, 15) is 24.4 Å². The number of hydrogen-bond donors (Lipinski definition) is 5. The van der Waals surface area contributed by atoms with Crippen LogP contribution in [0.5, 0.6) is 0 Å². The van der Waals surface area contributed by atoms with Gasteiger partial charge in [-0.3, -0.25) is 14.4 Å². The third kappa shape index (κ3) is 11.3. The minimum absolute atomic E-state index is 0.0625. The fourth-order valence-electron chi connectivity index (χ4n) is 3.16. The van der Waals surface area contributed by atoms with Crippen LogP contribution in [0.1, 0.15) is 45.6 Å². The predicted octanol–water partition coefficient (Wildman–Crippen LogP) is 0.623. The molecule has 0 aliphatic rings. The summed E-state index contributed by atoms with van der Waals surface area (Å²) in [6.45, 7) is 5.36. The maximum absolute atomic E-state index is 12.7. The Kier molecular flexibility index (Phi) is 12.5. The highest BCUT2D eigenvalue weighted by Crippen LogP contribution is 2.07. The number of allylic oxidation sites excluding steroid dienone is 1. The van der Waals surface area contributed by atoms with E-state index in [0.717, 1.165) is 5.56 Å². The fourth-order valence-corrected chi connectivity index (χ4v) is 3.16. The van der Waals surface area contributed by atoms with Gasteiger partial charge in [0, 0.05) is 13.5 Å². The van der Waals surface area contributed by atoms with Crippen molar-refractivity contribution in [1.82, 2.24) is 16.0 Å². The summed E-state index contributed by atoms with van der Waals surface area (Å²) < 4.78 is 0. The van der Waals surface area contributed by atoms with Gasteiger partial charge in [0.05, 0.1) is 5.94 Å². The lowest BCUT2D eigenvalue weighted by Gasteiger charge is -2.23. The van der Waals surface area contributed by atoms with Crippen molar-refractivity contribution in [3.8, 4) is 6.07 Å². The Hall–Kier alpha value is -3.16. The Bertz CT molecular complexity index is 852. The van der Waals surface area contributed by atoms with Gasteiger partial charge in [-0.15, -0.1) is 0 Å². The van der Waals surface area contributed by atoms with Gasteiger partial charge < -0.3 is 26.0 Å². The number of rotatable bonds is 13. The van der Waals surface area contributed by atoms with Crippen molar-refractivity contribution in [1.29, 1.82) is 5.26 Å². The van der Waals surface area contributed by atoms with Gasteiger partial charge in [0.1, 0.15) is 17.7 Å². The maximum atomic E-state index is 12.7. The Morgan fingerprint density at radius 1 is 1.12 bits per heavy atom. The Balaban J connectivity index is 2.61. The Morgan fingerprint density at radius 3 is 2.33 bits per heavy atom. The molecule has 0 spiro atoms. The summed E-state index contributed by atoms with van der Waals surface area (Å²) in [5, 5.41) is 36.3. The van der Waals surface area contributed by atoms with Crippen molar-refractivity contribution in [3.05, 3.63) is 47.5 Å². The average Bonchev–Trinajstić information content (AvgIpc) is 2.75. The van der Waals surface area contributed by atoms with Crippen molar-refractivity contribution in [3.63, 3.8) is 0 Å². The number of benzene rings is 1. The van der Waals surface area contributed by atoms with E-state index >= 15 is 0 Å². The van der Waals surface area contributed by atoms with Crippen LogP contribution < -0.4 is 16.0 Å². The molecule has 0 bridgehead atoms. The first-order valence-corrected chi connectivity index (χ1v) is 11.0. The minimum Gasteiger partial charge on any atom is -0.426 e. The first-order valence-electron chi connectivity index (χ1n) is 11.0. The number of carbonyl (C=O) groups is 3. The highest BCUT2D eigenvalue weighted by Gasteiger charge is 2.29. The fraction of sp³-hybridized carbons (Fsp3) is 0.478. The second-order valence-electron chi connectivity index (χ2n) is 8.16. The molecule has 0 fully saturated rings. The zero-order valence-corrected chi connectivity index (χ0v) is 19.4. The van der Waals surface area contributed by atoms with Crippen LogP contribution in [0.3, 0.4) is 0 Å². The van der Waals surface area contributed by atoms with Gasteiger partial charge in [0.25, 0.3) is 5.91 Å². The lowest BCUT2D eigenvalue weighted by molar-refractivity contribution is -0.128. The van der Waals surface area contributed by atoms with Gasteiger partial charge in [-0.2, -0.15) is 5.26 Å². The zero-order valence-electron chi connectivity index (χ0n) is 19.4. The number of nitriles is 1. The highest BCUT2D eigenvalue weighted by molar-refractivity contribution is 6.43. The molecule has 0 aliphatic heterocycles. The van der Waals surface area contributed by atoms with E-state index in [2.05, 4.69) is 16.0 Å². The molecule has 0 saturated carbocycles. The molecule has 0 radical (unpaired) electrons. The number of nitrogens with one attached hydrogen (secondary N) is 3. The molecule has 9 nitrogen and oxygen atoms in total. The monoisotopic (exact) mass is 456 g/mol. The zero-order chi connectivity index (χ0) is 24.8. The number of carbonyl (C=O) groups excluding carboxylic acids is 3. The SMILES string of the molecule is CC(=O)N[C@@H](CCCCNC(=O)C(C#N)=CC(C)C)C(=O)N[C@@H](Cc1ccccc1)B(O)O. The van der Waals surface area contributed by atoms with Crippen molar-refractivity contribution in [2.75, 3.05) is 6.54 Å². The molecule has 2 atom stereocenters. The maximum Gasteiger partial charge on any atom is 0.475 e. The molecule has 0 heterocycles. The number of nitrogens with zero attached hydrogens (tertiary/aromatic N) is 1. The summed E-state index contributed by atoms with van der Waals surface area (Å²) in [5.74, 6) is -2.21. The van der Waals surface area contributed by atoms with Crippen LogP contribution in [0, 0.1) is 17.2 Å². The van der Waals surface area contributed by atoms with E-state index in [0.29, 0.717) is 25.8 Å². The lowest BCUT2D eigenvalue weighted by Crippen LogP contribution is -2.54. The van der Waals surface area contributed by atoms with Crippen LogP contribution in [0.15, 0.2) is 42.0 Å². The van der Waals surface area contributed by atoms with E-state index in [1.807, 2.05) is 50.2 Å². The normalized spacial score (nSPS) is 12.9. The third-order valence-corrected chi connectivity index (χ3v) is 4.75. The third-order valence-electron chi connectivity index (χ3n) is 4.75. The van der Waals surface area contributed by atoms with E-state index in [1.165, 1.54) is 6.92 Å². The first-order chi connectivity index (χ1) is 15.6. The summed E-state index contributed by atoms with van der Waals surface area (Å²) in [6.07, 6.45) is 3.15. The molecule has 1 aromatic carbocycles. The van der Waals surface area contributed by atoms with Crippen molar-refractivity contribution in [2.24, 2.45) is 5.92 Å². The number of amides is 3. The van der Waals surface area contributed by atoms with E-state index < -0.39 is 30.9 Å². The van der Waals surface area contributed by atoms with Gasteiger partial charge in [0.2, 0.25) is 11.8 Å². The minimum atomic E-state index is -1.77. The lowest BCUT2D eigenvalue weighted by atomic mass is 9.75. The molecule has 3 amide bonds. The quantitative estimate of drug-likeness (QED) is 0.127. The molecular formula is C23H33BN4O5. The standard InChI is InChI=1S/C23H33BN4O5/c1-16(2)13-19(15-25)22(30)26-12-8-7-11-20(27-17(3)29)23(31)28-21(24(32)33)14-18-9-5-4-6-10-18/h4-6,9-10,13,16,20-21,32-33H,7-8,11-12,14H2,1-3H3,(H,26,30)(H,27,29)(H,28,31)/t20-,21-/m0/s1. The van der Waals surface area contributed by atoms with Gasteiger partial charge in [0.15, 0.2) is 0 Å². The molecule has 1 rings (SSSR count). The molecule has 10 heteroatoms. The summed E-state index contributed by atoms with van der Waals surface area (Å²) >= 11 is 0. The van der Waals surface area contributed by atoms with Crippen LogP contribution in [-0.4, -0.2) is 53.4 Å². The summed E-state index contributed by atoms with van der Waals surface area (Å²) in [6, 6.07) is 10.1. The second-order valence-corrected chi connectivity index (χ2v) is 8.16.